The summed E-state index contributed by atoms with van der Waals surface area (Å²) in [7, 11) is 0. The van der Waals surface area contributed by atoms with Gasteiger partial charge in [0.2, 0.25) is 5.91 Å². The van der Waals surface area contributed by atoms with E-state index < -0.39 is 11.6 Å². The number of fused-ring (bicyclic) bond motifs is 1. The van der Waals surface area contributed by atoms with E-state index in [1.54, 1.807) is 0 Å². The standard InChI is InChI=1S/C26H27ClN4O3/c27-21-9-3-1-7-17(21)19(20-15-28-22-10-4-2-8-18(20)22)16-29-23(32)11-14-31-24(33)26(30-25(31)34)12-5-6-13-26/h1-4,7-10,15,19,28H,5-6,11-14,16H2,(H,29,32)(H,30,34). The van der Waals surface area contributed by atoms with Gasteiger partial charge in [0.1, 0.15) is 5.54 Å². The molecule has 7 nitrogen and oxygen atoms in total. The van der Waals surface area contributed by atoms with Crippen molar-refractivity contribution >= 4 is 40.3 Å². The quantitative estimate of drug-likeness (QED) is 0.441. The average molecular weight is 479 g/mol. The third-order valence-corrected chi connectivity index (χ3v) is 7.39. The molecule has 0 radical (unpaired) electrons. The molecule has 5 rings (SSSR count). The molecule has 2 fully saturated rings. The predicted molar refractivity (Wildman–Crippen MR) is 131 cm³/mol. The number of rotatable bonds is 7. The zero-order valence-electron chi connectivity index (χ0n) is 18.8. The molecule has 2 heterocycles. The third-order valence-electron chi connectivity index (χ3n) is 7.05. The molecule has 1 aliphatic carbocycles. The average Bonchev–Trinajstić information content (AvgIpc) is 3.53. The fraction of sp³-hybridized carbons (Fsp3) is 0.346. The Balaban J connectivity index is 1.28. The lowest BCUT2D eigenvalue weighted by Crippen LogP contribution is -2.44. The van der Waals surface area contributed by atoms with Crippen LogP contribution < -0.4 is 10.6 Å². The highest BCUT2D eigenvalue weighted by Gasteiger charge is 2.52. The summed E-state index contributed by atoms with van der Waals surface area (Å²) in [5.74, 6) is -0.576. The molecule has 34 heavy (non-hydrogen) atoms. The Hall–Kier alpha value is -3.32. The third kappa shape index (κ3) is 4.05. The molecule has 1 aromatic heterocycles. The van der Waals surface area contributed by atoms with Crippen LogP contribution in [0, 0.1) is 0 Å². The van der Waals surface area contributed by atoms with Crippen LogP contribution in [0.25, 0.3) is 10.9 Å². The van der Waals surface area contributed by atoms with Crippen LogP contribution in [0.4, 0.5) is 4.79 Å². The first-order valence-corrected chi connectivity index (χ1v) is 12.1. The number of carbonyl (C=O) groups excluding carboxylic acids is 3. The Morgan fingerprint density at radius 1 is 1.06 bits per heavy atom. The Labute approximate surface area is 202 Å². The number of nitrogens with one attached hydrogen (secondary N) is 3. The molecule has 8 heteroatoms. The number of carbonyl (C=O) groups is 3. The van der Waals surface area contributed by atoms with Crippen molar-refractivity contribution in [2.45, 2.75) is 43.6 Å². The summed E-state index contributed by atoms with van der Waals surface area (Å²) >= 11 is 6.53. The van der Waals surface area contributed by atoms with Gasteiger partial charge in [0, 0.05) is 47.6 Å². The summed E-state index contributed by atoms with van der Waals surface area (Å²) in [5.41, 5.74) is 2.23. The van der Waals surface area contributed by atoms with Crippen molar-refractivity contribution in [2.75, 3.05) is 13.1 Å². The van der Waals surface area contributed by atoms with Crippen LogP contribution in [0.5, 0.6) is 0 Å². The van der Waals surface area contributed by atoms with Crippen molar-refractivity contribution < 1.29 is 14.4 Å². The Kier molecular flexibility index (Phi) is 6.04. The summed E-state index contributed by atoms with van der Waals surface area (Å²) in [6.07, 6.45) is 5.21. The number of amides is 4. The van der Waals surface area contributed by atoms with Crippen molar-refractivity contribution in [2.24, 2.45) is 0 Å². The number of benzene rings is 2. The van der Waals surface area contributed by atoms with Gasteiger partial charge in [-0.1, -0.05) is 60.8 Å². The molecular formula is C26H27ClN4O3. The van der Waals surface area contributed by atoms with E-state index in [0.29, 0.717) is 24.4 Å². The summed E-state index contributed by atoms with van der Waals surface area (Å²) in [6, 6.07) is 15.2. The van der Waals surface area contributed by atoms with Crippen LogP contribution in [0.1, 0.15) is 49.1 Å². The molecule has 2 aliphatic rings. The Bertz CT molecular complexity index is 1250. The molecule has 1 unspecified atom stereocenters. The van der Waals surface area contributed by atoms with Crippen molar-refractivity contribution in [1.82, 2.24) is 20.5 Å². The second kappa shape index (κ2) is 9.14. The maximum atomic E-state index is 12.8. The molecule has 0 bridgehead atoms. The maximum absolute atomic E-state index is 12.8. The lowest BCUT2D eigenvalue weighted by molar-refractivity contribution is -0.131. The van der Waals surface area contributed by atoms with Crippen LogP contribution in [0.15, 0.2) is 54.7 Å². The highest BCUT2D eigenvalue weighted by atomic mass is 35.5. The number of hydrogen-bond acceptors (Lipinski definition) is 3. The van der Waals surface area contributed by atoms with Crippen LogP contribution in [-0.4, -0.2) is 46.4 Å². The first-order chi connectivity index (χ1) is 16.5. The van der Waals surface area contributed by atoms with Crippen LogP contribution >= 0.6 is 11.6 Å². The normalized spacial score (nSPS) is 18.0. The van der Waals surface area contributed by atoms with Crippen LogP contribution in [-0.2, 0) is 9.59 Å². The number of imide groups is 1. The van der Waals surface area contributed by atoms with E-state index in [2.05, 4.69) is 15.6 Å². The number of hydrogen-bond donors (Lipinski definition) is 3. The monoisotopic (exact) mass is 478 g/mol. The summed E-state index contributed by atoms with van der Waals surface area (Å²) in [4.78, 5) is 42.4. The zero-order chi connectivity index (χ0) is 23.7. The van der Waals surface area contributed by atoms with Crippen molar-refractivity contribution in [3.05, 3.63) is 70.9 Å². The number of H-pyrrole nitrogens is 1. The summed E-state index contributed by atoms with van der Waals surface area (Å²) in [5, 5.41) is 7.55. The molecule has 1 atom stereocenters. The van der Waals surface area contributed by atoms with Crippen molar-refractivity contribution in [3.63, 3.8) is 0 Å². The van der Waals surface area contributed by atoms with Gasteiger partial charge in [0.15, 0.2) is 0 Å². The fourth-order valence-corrected chi connectivity index (χ4v) is 5.51. The smallest absolute Gasteiger partial charge is 0.325 e. The van der Waals surface area contributed by atoms with Gasteiger partial charge in [0.05, 0.1) is 0 Å². The number of halogens is 1. The largest absolute Gasteiger partial charge is 0.361 e. The van der Waals surface area contributed by atoms with E-state index >= 15 is 0 Å². The maximum Gasteiger partial charge on any atom is 0.325 e. The van der Waals surface area contributed by atoms with Crippen LogP contribution in [0.3, 0.4) is 0 Å². The van der Waals surface area contributed by atoms with Crippen molar-refractivity contribution in [1.29, 1.82) is 0 Å². The molecule has 3 aromatic rings. The predicted octanol–water partition coefficient (Wildman–Crippen LogP) is 4.32. The minimum atomic E-state index is -0.752. The topological polar surface area (TPSA) is 94.3 Å². The number of nitrogens with zero attached hydrogens (tertiary/aromatic N) is 1. The highest BCUT2D eigenvalue weighted by Crippen LogP contribution is 2.36. The van der Waals surface area contributed by atoms with Gasteiger partial charge in [0.25, 0.3) is 5.91 Å². The number of urea groups is 1. The molecule has 1 aliphatic heterocycles. The SMILES string of the molecule is O=C(CCN1C(=O)NC2(CCCC2)C1=O)NCC(c1ccccc1Cl)c1c[nH]c2ccccc12. The lowest BCUT2D eigenvalue weighted by Gasteiger charge is -2.21. The zero-order valence-corrected chi connectivity index (χ0v) is 19.5. The van der Waals surface area contributed by atoms with E-state index in [1.165, 1.54) is 4.90 Å². The molecule has 4 amide bonds. The minimum absolute atomic E-state index is 0.0539. The lowest BCUT2D eigenvalue weighted by atomic mass is 9.90. The van der Waals surface area contributed by atoms with Gasteiger partial charge in [-0.05, 0) is 36.1 Å². The molecule has 1 saturated carbocycles. The molecule has 1 spiro atoms. The van der Waals surface area contributed by atoms with E-state index in [-0.39, 0.29) is 30.7 Å². The molecule has 2 aromatic carbocycles. The van der Waals surface area contributed by atoms with Gasteiger partial charge in [-0.2, -0.15) is 0 Å². The summed E-state index contributed by atoms with van der Waals surface area (Å²) in [6.45, 7) is 0.413. The number of para-hydroxylation sites is 1. The molecule has 176 valence electrons. The van der Waals surface area contributed by atoms with Gasteiger partial charge < -0.3 is 15.6 Å². The van der Waals surface area contributed by atoms with Gasteiger partial charge in [-0.25, -0.2) is 4.79 Å². The minimum Gasteiger partial charge on any atom is -0.361 e. The highest BCUT2D eigenvalue weighted by molar-refractivity contribution is 6.31. The van der Waals surface area contributed by atoms with Gasteiger partial charge in [-0.3, -0.25) is 14.5 Å². The molecule has 3 N–H and O–H groups in total. The fourth-order valence-electron chi connectivity index (χ4n) is 5.24. The second-order valence-corrected chi connectivity index (χ2v) is 9.50. The van der Waals surface area contributed by atoms with E-state index in [4.69, 9.17) is 11.6 Å². The van der Waals surface area contributed by atoms with Crippen molar-refractivity contribution in [3.8, 4) is 0 Å². The Morgan fingerprint density at radius 3 is 2.59 bits per heavy atom. The first kappa shape index (κ1) is 22.5. The van der Waals surface area contributed by atoms with E-state index in [9.17, 15) is 14.4 Å². The van der Waals surface area contributed by atoms with E-state index in [1.807, 2.05) is 54.7 Å². The second-order valence-electron chi connectivity index (χ2n) is 9.09. The molecule has 1 saturated heterocycles. The van der Waals surface area contributed by atoms with Crippen LogP contribution in [0.2, 0.25) is 5.02 Å². The molecular weight excluding hydrogens is 452 g/mol. The van der Waals surface area contributed by atoms with Gasteiger partial charge in [-0.15, -0.1) is 0 Å². The van der Waals surface area contributed by atoms with E-state index in [0.717, 1.165) is 34.9 Å². The van der Waals surface area contributed by atoms with Gasteiger partial charge >= 0.3 is 6.03 Å². The first-order valence-electron chi connectivity index (χ1n) is 11.7. The number of aromatic amines is 1. The summed E-state index contributed by atoms with van der Waals surface area (Å²) < 4.78 is 0. The Morgan fingerprint density at radius 2 is 1.79 bits per heavy atom. The number of aromatic nitrogens is 1.